The minimum absolute atomic E-state index is 0.955. The fourth-order valence-corrected chi connectivity index (χ4v) is 3.75. The summed E-state index contributed by atoms with van der Waals surface area (Å²) in [4.78, 5) is 5.11. The summed E-state index contributed by atoms with van der Waals surface area (Å²) in [6.07, 6.45) is 3.86. The highest BCUT2D eigenvalue weighted by Crippen LogP contribution is 2.31. The van der Waals surface area contributed by atoms with Crippen LogP contribution in [-0.2, 0) is 0 Å². The molecule has 0 saturated carbocycles. The van der Waals surface area contributed by atoms with Crippen LogP contribution in [0.1, 0.15) is 0 Å². The summed E-state index contributed by atoms with van der Waals surface area (Å²) in [6.45, 7) is 7.49. The molecule has 0 N–H and O–H groups in total. The molecule has 0 aromatic heterocycles. The van der Waals surface area contributed by atoms with Gasteiger partial charge in [0.05, 0.1) is 0 Å². The molecule has 0 atom stereocenters. The van der Waals surface area contributed by atoms with E-state index in [-0.39, 0.29) is 0 Å². The maximum absolute atomic E-state index is 3.74. The Labute approximate surface area is 140 Å². The van der Waals surface area contributed by atoms with E-state index >= 15 is 0 Å². The Balaban J connectivity index is 1.94. The normalized spacial score (nSPS) is 10.3. The van der Waals surface area contributed by atoms with Crippen LogP contribution >= 0.6 is 35.3 Å². The Hall–Kier alpha value is -1.03. The molecule has 0 aliphatic carbocycles. The van der Waals surface area contributed by atoms with Gasteiger partial charge in [0.1, 0.15) is 0 Å². The molecule has 0 heterocycles. The Bertz CT molecular complexity index is 517. The monoisotopic (exact) mass is 330 g/mol. The van der Waals surface area contributed by atoms with Crippen molar-refractivity contribution in [3.05, 3.63) is 73.8 Å². The van der Waals surface area contributed by atoms with Crippen molar-refractivity contribution in [1.29, 1.82) is 0 Å². The topological polar surface area (TPSA) is 0 Å². The smallest absolute Gasteiger partial charge is 0.0158 e. The summed E-state index contributed by atoms with van der Waals surface area (Å²) in [5, 5.41) is 0. The SMILES string of the molecule is C=CCSc1ccc(Sc2ccc(SCC=C)cc2)cc1. The molecule has 0 radical (unpaired) electrons. The summed E-state index contributed by atoms with van der Waals surface area (Å²) < 4.78 is 0. The molecule has 2 aromatic rings. The molecule has 0 aliphatic rings. The van der Waals surface area contributed by atoms with E-state index in [1.54, 1.807) is 35.3 Å². The van der Waals surface area contributed by atoms with Gasteiger partial charge in [-0.1, -0.05) is 23.9 Å². The van der Waals surface area contributed by atoms with Crippen LogP contribution in [0.2, 0.25) is 0 Å². The molecular weight excluding hydrogens is 312 g/mol. The molecule has 3 heteroatoms. The maximum Gasteiger partial charge on any atom is 0.0158 e. The van der Waals surface area contributed by atoms with Gasteiger partial charge in [-0.2, -0.15) is 0 Å². The predicted molar refractivity (Wildman–Crippen MR) is 98.8 cm³/mol. The van der Waals surface area contributed by atoms with E-state index in [9.17, 15) is 0 Å². The van der Waals surface area contributed by atoms with Crippen molar-refractivity contribution in [3.63, 3.8) is 0 Å². The Kier molecular flexibility index (Phi) is 7.07. The molecule has 21 heavy (non-hydrogen) atoms. The number of rotatable bonds is 8. The van der Waals surface area contributed by atoms with Crippen LogP contribution in [0, 0.1) is 0 Å². The van der Waals surface area contributed by atoms with Crippen LogP contribution in [-0.4, -0.2) is 11.5 Å². The van der Waals surface area contributed by atoms with Gasteiger partial charge < -0.3 is 0 Å². The third kappa shape index (κ3) is 5.70. The quantitative estimate of drug-likeness (QED) is 0.406. The second-order valence-corrected chi connectivity index (χ2v) is 7.58. The van der Waals surface area contributed by atoms with E-state index in [4.69, 9.17) is 0 Å². The Morgan fingerprint density at radius 2 is 0.952 bits per heavy atom. The number of hydrogen-bond donors (Lipinski definition) is 0. The lowest BCUT2D eigenvalue weighted by Crippen LogP contribution is -1.78. The van der Waals surface area contributed by atoms with Gasteiger partial charge in [-0.05, 0) is 48.5 Å². The minimum Gasteiger partial charge on any atom is -0.122 e. The number of benzene rings is 2. The molecule has 108 valence electrons. The van der Waals surface area contributed by atoms with E-state index in [0.29, 0.717) is 0 Å². The second kappa shape index (κ2) is 9.08. The van der Waals surface area contributed by atoms with Crippen molar-refractivity contribution in [2.24, 2.45) is 0 Å². The summed E-state index contributed by atoms with van der Waals surface area (Å²) in [5.41, 5.74) is 0. The third-order valence-electron chi connectivity index (χ3n) is 2.62. The second-order valence-electron chi connectivity index (χ2n) is 4.24. The average molecular weight is 331 g/mol. The molecule has 0 unspecified atom stereocenters. The summed E-state index contributed by atoms with van der Waals surface area (Å²) in [5.74, 6) is 1.91. The lowest BCUT2D eigenvalue weighted by Gasteiger charge is -2.05. The average Bonchev–Trinajstić information content (AvgIpc) is 2.53. The molecule has 0 saturated heterocycles. The zero-order chi connectivity index (χ0) is 14.9. The number of hydrogen-bond acceptors (Lipinski definition) is 3. The van der Waals surface area contributed by atoms with E-state index in [1.165, 1.54) is 19.6 Å². The predicted octanol–water partition coefficient (Wildman–Crippen LogP) is 6.39. The van der Waals surface area contributed by atoms with Gasteiger partial charge in [0.25, 0.3) is 0 Å². The van der Waals surface area contributed by atoms with Gasteiger partial charge in [0, 0.05) is 31.1 Å². The lowest BCUT2D eigenvalue weighted by molar-refractivity contribution is 1.32. The highest BCUT2D eigenvalue weighted by atomic mass is 32.2. The van der Waals surface area contributed by atoms with Crippen molar-refractivity contribution in [3.8, 4) is 0 Å². The van der Waals surface area contributed by atoms with Crippen molar-refractivity contribution < 1.29 is 0 Å². The lowest BCUT2D eigenvalue weighted by atomic mass is 10.4. The molecule has 0 fully saturated rings. The fraction of sp³-hybridized carbons (Fsp3) is 0.111. The first-order valence-electron chi connectivity index (χ1n) is 6.67. The van der Waals surface area contributed by atoms with Crippen LogP contribution < -0.4 is 0 Å². The van der Waals surface area contributed by atoms with Gasteiger partial charge in [0.2, 0.25) is 0 Å². The Morgan fingerprint density at radius 1 is 0.619 bits per heavy atom. The molecule has 0 spiro atoms. The fourth-order valence-electron chi connectivity index (χ4n) is 1.65. The summed E-state index contributed by atoms with van der Waals surface area (Å²) >= 11 is 5.41. The first-order chi connectivity index (χ1) is 10.3. The van der Waals surface area contributed by atoms with Crippen LogP contribution in [0.4, 0.5) is 0 Å². The van der Waals surface area contributed by atoms with Crippen molar-refractivity contribution in [2.45, 2.75) is 19.6 Å². The summed E-state index contributed by atoms with van der Waals surface area (Å²) in [7, 11) is 0. The van der Waals surface area contributed by atoms with Crippen molar-refractivity contribution in [1.82, 2.24) is 0 Å². The highest BCUT2D eigenvalue weighted by molar-refractivity contribution is 8.00. The van der Waals surface area contributed by atoms with Gasteiger partial charge >= 0.3 is 0 Å². The minimum atomic E-state index is 0.955. The van der Waals surface area contributed by atoms with E-state index in [0.717, 1.165) is 11.5 Å². The van der Waals surface area contributed by atoms with E-state index in [1.807, 2.05) is 12.2 Å². The first-order valence-corrected chi connectivity index (χ1v) is 9.46. The zero-order valence-electron chi connectivity index (χ0n) is 11.8. The first kappa shape index (κ1) is 16.3. The molecule has 0 aliphatic heterocycles. The van der Waals surface area contributed by atoms with Gasteiger partial charge in [-0.3, -0.25) is 0 Å². The van der Waals surface area contributed by atoms with Crippen molar-refractivity contribution >= 4 is 35.3 Å². The maximum atomic E-state index is 3.74. The van der Waals surface area contributed by atoms with Crippen LogP contribution in [0.3, 0.4) is 0 Å². The van der Waals surface area contributed by atoms with Crippen molar-refractivity contribution in [2.75, 3.05) is 11.5 Å². The zero-order valence-corrected chi connectivity index (χ0v) is 14.3. The molecule has 0 amide bonds. The van der Waals surface area contributed by atoms with Gasteiger partial charge in [-0.15, -0.1) is 36.7 Å². The van der Waals surface area contributed by atoms with Gasteiger partial charge in [-0.25, -0.2) is 0 Å². The standard InChI is InChI=1S/C18H18S3/c1-3-13-19-15-5-9-17(10-6-15)21-18-11-7-16(8-12-18)20-14-4-2/h3-12H,1-2,13-14H2. The molecular formula is C18H18S3. The molecule has 0 nitrogen and oxygen atoms in total. The highest BCUT2D eigenvalue weighted by Gasteiger charge is 1.99. The van der Waals surface area contributed by atoms with Crippen LogP contribution in [0.25, 0.3) is 0 Å². The van der Waals surface area contributed by atoms with Gasteiger partial charge in [0.15, 0.2) is 0 Å². The van der Waals surface area contributed by atoms with Crippen LogP contribution in [0.15, 0.2) is 93.4 Å². The largest absolute Gasteiger partial charge is 0.122 e. The van der Waals surface area contributed by atoms with E-state index in [2.05, 4.69) is 61.7 Å². The number of thioether (sulfide) groups is 2. The van der Waals surface area contributed by atoms with E-state index < -0.39 is 0 Å². The Morgan fingerprint density at radius 3 is 1.29 bits per heavy atom. The third-order valence-corrected chi connectivity index (χ3v) is 5.65. The molecule has 2 aromatic carbocycles. The molecule has 0 bridgehead atoms. The summed E-state index contributed by atoms with van der Waals surface area (Å²) in [6, 6.07) is 17.4. The molecule has 2 rings (SSSR count). The van der Waals surface area contributed by atoms with Crippen LogP contribution in [0.5, 0.6) is 0 Å².